The molecule has 1 fully saturated rings. The van der Waals surface area contributed by atoms with Crippen molar-refractivity contribution in [3.63, 3.8) is 0 Å². The van der Waals surface area contributed by atoms with Gasteiger partial charge >= 0.3 is 0 Å². The van der Waals surface area contributed by atoms with Gasteiger partial charge in [-0.25, -0.2) is 12.7 Å². The largest absolute Gasteiger partial charge is 0.339 e. The summed E-state index contributed by atoms with van der Waals surface area (Å²) in [5.41, 5.74) is 2.06. The minimum Gasteiger partial charge on any atom is -0.339 e. The zero-order valence-electron chi connectivity index (χ0n) is 14.1. The molecule has 0 N–H and O–H groups in total. The van der Waals surface area contributed by atoms with Crippen molar-refractivity contribution in [2.75, 3.05) is 18.8 Å². The molecule has 1 saturated heterocycles. The lowest BCUT2D eigenvalue weighted by Crippen LogP contribution is -2.41. The van der Waals surface area contributed by atoms with Crippen molar-refractivity contribution in [3.05, 3.63) is 35.7 Å². The number of aryl methyl sites for hydroxylation is 1. The molecule has 24 heavy (non-hydrogen) atoms. The first-order chi connectivity index (χ1) is 11.5. The van der Waals surface area contributed by atoms with Gasteiger partial charge in [0.25, 0.3) is 0 Å². The third-order valence-corrected chi connectivity index (χ3v) is 6.41. The molecule has 6 nitrogen and oxygen atoms in total. The number of sulfonamides is 1. The van der Waals surface area contributed by atoms with Gasteiger partial charge in [-0.05, 0) is 38.2 Å². The molecule has 130 valence electrons. The summed E-state index contributed by atoms with van der Waals surface area (Å²) in [5.74, 6) is 1.55. The summed E-state index contributed by atoms with van der Waals surface area (Å²) < 4.78 is 31.1. The van der Waals surface area contributed by atoms with Crippen LogP contribution in [-0.4, -0.2) is 41.7 Å². The molecular weight excluding hydrogens is 326 g/mol. The predicted molar refractivity (Wildman–Crippen MR) is 91.9 cm³/mol. The molecule has 0 spiro atoms. The third-order valence-electron chi connectivity index (χ3n) is 4.56. The number of piperidine rings is 1. The van der Waals surface area contributed by atoms with E-state index < -0.39 is 10.0 Å². The second-order valence-electron chi connectivity index (χ2n) is 6.30. The average Bonchev–Trinajstić information content (AvgIpc) is 3.04. The molecule has 2 heterocycles. The quantitative estimate of drug-likeness (QED) is 0.829. The topological polar surface area (TPSA) is 76.3 Å². The van der Waals surface area contributed by atoms with E-state index in [0.29, 0.717) is 31.2 Å². The van der Waals surface area contributed by atoms with Gasteiger partial charge in [0.1, 0.15) is 0 Å². The van der Waals surface area contributed by atoms with Crippen LogP contribution in [0.2, 0.25) is 0 Å². The Labute approximate surface area is 142 Å². The van der Waals surface area contributed by atoms with Gasteiger partial charge in [0, 0.05) is 25.1 Å². The van der Waals surface area contributed by atoms with Crippen LogP contribution in [0.5, 0.6) is 0 Å². The zero-order valence-corrected chi connectivity index (χ0v) is 14.9. The fourth-order valence-corrected chi connectivity index (χ4v) is 4.36. The summed E-state index contributed by atoms with van der Waals surface area (Å²) in [6.07, 6.45) is 2.48. The highest BCUT2D eigenvalue weighted by Gasteiger charge is 2.28. The van der Waals surface area contributed by atoms with Crippen LogP contribution in [-0.2, 0) is 16.4 Å². The maximum atomic E-state index is 12.1. The number of aromatic nitrogens is 2. The summed E-state index contributed by atoms with van der Waals surface area (Å²) in [4.78, 5) is 4.50. The van der Waals surface area contributed by atoms with E-state index in [2.05, 4.69) is 10.1 Å². The zero-order chi connectivity index (χ0) is 17.2. The number of rotatable bonds is 5. The molecule has 2 aromatic rings. The monoisotopic (exact) mass is 349 g/mol. The Morgan fingerprint density at radius 1 is 1.33 bits per heavy atom. The normalized spacial score (nSPS) is 19.5. The van der Waals surface area contributed by atoms with E-state index in [-0.39, 0.29) is 11.7 Å². The van der Waals surface area contributed by atoms with Gasteiger partial charge in [0.05, 0.1) is 5.75 Å². The Balaban J connectivity index is 1.70. The number of hydrogen-bond donors (Lipinski definition) is 0. The van der Waals surface area contributed by atoms with Crippen molar-refractivity contribution < 1.29 is 12.9 Å². The first kappa shape index (κ1) is 17.1. The van der Waals surface area contributed by atoms with Gasteiger partial charge in [0.2, 0.25) is 21.7 Å². The first-order valence-electron chi connectivity index (χ1n) is 8.36. The van der Waals surface area contributed by atoms with Gasteiger partial charge in [-0.3, -0.25) is 0 Å². The van der Waals surface area contributed by atoms with Crippen LogP contribution in [0.4, 0.5) is 0 Å². The predicted octanol–water partition coefficient (Wildman–Crippen LogP) is 2.65. The number of nitrogens with zero attached hydrogens (tertiary/aromatic N) is 3. The minimum atomic E-state index is -3.12. The fourth-order valence-electron chi connectivity index (χ4n) is 3.15. The van der Waals surface area contributed by atoms with E-state index >= 15 is 0 Å². The Morgan fingerprint density at radius 2 is 2.12 bits per heavy atom. The van der Waals surface area contributed by atoms with Crippen LogP contribution in [0.1, 0.15) is 31.2 Å². The lowest BCUT2D eigenvalue weighted by atomic mass is 9.96. The summed E-state index contributed by atoms with van der Waals surface area (Å²) in [7, 11) is -3.12. The number of hydrogen-bond acceptors (Lipinski definition) is 5. The average molecular weight is 349 g/mol. The lowest BCUT2D eigenvalue weighted by molar-refractivity contribution is 0.247. The fraction of sp³-hybridized carbons (Fsp3) is 0.529. The third kappa shape index (κ3) is 3.67. The van der Waals surface area contributed by atoms with E-state index in [1.165, 1.54) is 0 Å². The smallest absolute Gasteiger partial charge is 0.227 e. The number of benzene rings is 1. The molecule has 1 aliphatic rings. The molecular formula is C17H23N3O3S. The molecule has 0 amide bonds. The van der Waals surface area contributed by atoms with Crippen molar-refractivity contribution in [3.8, 4) is 11.4 Å². The van der Waals surface area contributed by atoms with Gasteiger partial charge < -0.3 is 4.52 Å². The van der Waals surface area contributed by atoms with Gasteiger partial charge in [-0.1, -0.05) is 29.4 Å². The molecule has 1 aromatic carbocycles. The van der Waals surface area contributed by atoms with Gasteiger partial charge in [0.15, 0.2) is 0 Å². The molecule has 3 rings (SSSR count). The maximum absolute atomic E-state index is 12.1. The highest BCUT2D eigenvalue weighted by molar-refractivity contribution is 7.89. The second-order valence-corrected chi connectivity index (χ2v) is 8.56. The van der Waals surface area contributed by atoms with Crippen molar-refractivity contribution in [1.29, 1.82) is 0 Å². The minimum absolute atomic E-state index is 0.151. The molecule has 0 aliphatic carbocycles. The molecule has 1 atom stereocenters. The van der Waals surface area contributed by atoms with Crippen LogP contribution in [0.15, 0.2) is 28.8 Å². The SMILES string of the molecule is CCS(=O)(=O)N1CCC[C@H](Cc2nc(-c3ccccc3C)no2)C1. The molecule has 0 unspecified atom stereocenters. The van der Waals surface area contributed by atoms with Gasteiger partial charge in [-0.15, -0.1) is 0 Å². The first-order valence-corrected chi connectivity index (χ1v) is 9.97. The van der Waals surface area contributed by atoms with Crippen LogP contribution in [0.3, 0.4) is 0 Å². The second kappa shape index (κ2) is 7.03. The summed E-state index contributed by atoms with van der Waals surface area (Å²) in [6, 6.07) is 7.91. The Hall–Kier alpha value is -1.73. The summed E-state index contributed by atoms with van der Waals surface area (Å²) >= 11 is 0. The highest BCUT2D eigenvalue weighted by atomic mass is 32.2. The Kier molecular flexibility index (Phi) is 5.01. The molecule has 1 aliphatic heterocycles. The highest BCUT2D eigenvalue weighted by Crippen LogP contribution is 2.24. The Morgan fingerprint density at radius 3 is 2.88 bits per heavy atom. The van der Waals surface area contributed by atoms with Crippen molar-refractivity contribution in [1.82, 2.24) is 14.4 Å². The standard InChI is InChI=1S/C17H23N3O3S/c1-3-24(21,22)20-10-6-8-14(12-20)11-16-18-17(19-23-16)15-9-5-4-7-13(15)2/h4-5,7,9,14H,3,6,8,10-12H2,1-2H3/t14-/m1/s1. The maximum Gasteiger partial charge on any atom is 0.227 e. The van der Waals surface area contributed by atoms with E-state index in [0.717, 1.165) is 24.0 Å². The van der Waals surface area contributed by atoms with Crippen LogP contribution in [0.25, 0.3) is 11.4 Å². The van der Waals surface area contributed by atoms with Crippen molar-refractivity contribution >= 4 is 10.0 Å². The molecule has 7 heteroatoms. The molecule has 0 radical (unpaired) electrons. The van der Waals surface area contributed by atoms with Crippen molar-refractivity contribution in [2.24, 2.45) is 5.92 Å². The van der Waals surface area contributed by atoms with Crippen LogP contribution >= 0.6 is 0 Å². The van der Waals surface area contributed by atoms with E-state index in [4.69, 9.17) is 4.52 Å². The lowest BCUT2D eigenvalue weighted by Gasteiger charge is -2.30. The van der Waals surface area contributed by atoms with Crippen LogP contribution < -0.4 is 0 Å². The summed E-state index contributed by atoms with van der Waals surface area (Å²) in [6.45, 7) is 4.86. The van der Waals surface area contributed by atoms with E-state index in [1.807, 2.05) is 31.2 Å². The van der Waals surface area contributed by atoms with E-state index in [1.54, 1.807) is 11.2 Å². The molecule has 1 aromatic heterocycles. The molecule has 0 bridgehead atoms. The van der Waals surface area contributed by atoms with Gasteiger partial charge in [-0.2, -0.15) is 4.98 Å². The van der Waals surface area contributed by atoms with E-state index in [9.17, 15) is 8.42 Å². The van der Waals surface area contributed by atoms with Crippen molar-refractivity contribution in [2.45, 2.75) is 33.1 Å². The Bertz CT molecular complexity index is 801. The summed E-state index contributed by atoms with van der Waals surface area (Å²) in [5, 5.41) is 4.08. The van der Waals surface area contributed by atoms with Crippen LogP contribution in [0, 0.1) is 12.8 Å². The molecule has 0 saturated carbocycles.